The van der Waals surface area contributed by atoms with Gasteiger partial charge in [0.15, 0.2) is 0 Å². The van der Waals surface area contributed by atoms with Crippen LogP contribution >= 0.6 is 0 Å². The average molecular weight is 233 g/mol. The van der Waals surface area contributed by atoms with Crippen LogP contribution in [0.5, 0.6) is 0 Å². The van der Waals surface area contributed by atoms with Crippen molar-refractivity contribution in [1.82, 2.24) is 5.32 Å². The number of nitrogens with one attached hydrogen (secondary N) is 1. The normalized spacial score (nSPS) is 18.5. The van der Waals surface area contributed by atoms with E-state index in [2.05, 4.69) is 24.4 Å². The maximum absolute atomic E-state index is 5.23. The molecule has 1 aromatic heterocycles. The molecule has 1 atom stereocenters. The molecule has 2 heteroatoms. The Morgan fingerprint density at radius 1 is 1.35 bits per heavy atom. The number of rotatable bonds is 5. The van der Waals surface area contributed by atoms with Gasteiger partial charge in [-0.2, -0.15) is 0 Å². The molecule has 0 saturated heterocycles. The van der Waals surface area contributed by atoms with Gasteiger partial charge in [-0.15, -0.1) is 0 Å². The van der Waals surface area contributed by atoms with Gasteiger partial charge >= 0.3 is 0 Å². The fourth-order valence-corrected chi connectivity index (χ4v) is 2.49. The van der Waals surface area contributed by atoms with Gasteiger partial charge in [0.2, 0.25) is 0 Å². The monoisotopic (exact) mass is 233 g/mol. The first-order valence-corrected chi connectivity index (χ1v) is 6.86. The van der Waals surface area contributed by atoms with Crippen molar-refractivity contribution in [3.63, 3.8) is 0 Å². The van der Waals surface area contributed by atoms with Gasteiger partial charge in [0.05, 0.1) is 18.6 Å². The summed E-state index contributed by atoms with van der Waals surface area (Å²) in [5.41, 5.74) is 2.82. The molecule has 0 saturated carbocycles. The summed E-state index contributed by atoms with van der Waals surface area (Å²) in [5.74, 6) is 0. The van der Waals surface area contributed by atoms with Crippen LogP contribution < -0.4 is 5.32 Å². The average Bonchev–Trinajstić information content (AvgIpc) is 2.73. The molecule has 0 amide bonds. The van der Waals surface area contributed by atoms with Crippen LogP contribution in [0.25, 0.3) is 0 Å². The summed E-state index contributed by atoms with van der Waals surface area (Å²) in [5, 5.41) is 3.64. The molecule has 2 rings (SSSR count). The molecule has 1 aliphatic rings. The van der Waals surface area contributed by atoms with Crippen LogP contribution in [0, 0.1) is 0 Å². The molecule has 94 valence electrons. The van der Waals surface area contributed by atoms with Gasteiger partial charge in [0.1, 0.15) is 0 Å². The van der Waals surface area contributed by atoms with Crippen LogP contribution in [0.15, 0.2) is 34.7 Å². The van der Waals surface area contributed by atoms with E-state index >= 15 is 0 Å². The minimum Gasteiger partial charge on any atom is -0.472 e. The van der Waals surface area contributed by atoms with Crippen molar-refractivity contribution < 1.29 is 4.42 Å². The van der Waals surface area contributed by atoms with Crippen LogP contribution in [0.1, 0.15) is 57.1 Å². The van der Waals surface area contributed by atoms with E-state index in [0.717, 1.165) is 6.54 Å². The lowest BCUT2D eigenvalue weighted by Gasteiger charge is -2.20. The van der Waals surface area contributed by atoms with Crippen LogP contribution in [-0.2, 0) is 0 Å². The van der Waals surface area contributed by atoms with E-state index in [4.69, 9.17) is 4.42 Å². The predicted molar refractivity (Wildman–Crippen MR) is 70.9 cm³/mol. The number of hydrogen-bond donors (Lipinski definition) is 1. The van der Waals surface area contributed by atoms with Crippen molar-refractivity contribution >= 4 is 0 Å². The minimum atomic E-state index is 0.367. The van der Waals surface area contributed by atoms with Crippen LogP contribution in [-0.4, -0.2) is 6.54 Å². The maximum atomic E-state index is 5.23. The molecule has 2 nitrogen and oxygen atoms in total. The van der Waals surface area contributed by atoms with E-state index in [-0.39, 0.29) is 0 Å². The Balaban J connectivity index is 2.11. The number of allylic oxidation sites excluding steroid dienone is 1. The molecule has 1 unspecified atom stereocenters. The molecule has 1 heterocycles. The second-order valence-electron chi connectivity index (χ2n) is 4.82. The Hall–Kier alpha value is -1.02. The van der Waals surface area contributed by atoms with E-state index in [0.29, 0.717) is 6.04 Å². The van der Waals surface area contributed by atoms with Gasteiger partial charge in [-0.3, -0.25) is 0 Å². The molecule has 0 aromatic carbocycles. The van der Waals surface area contributed by atoms with Crippen LogP contribution in [0.4, 0.5) is 0 Å². The summed E-state index contributed by atoms with van der Waals surface area (Å²) in [4.78, 5) is 0. The van der Waals surface area contributed by atoms with Crippen molar-refractivity contribution in [3.05, 3.63) is 35.8 Å². The summed E-state index contributed by atoms with van der Waals surface area (Å²) >= 11 is 0. The van der Waals surface area contributed by atoms with Gasteiger partial charge in [-0.25, -0.2) is 0 Å². The molecule has 0 radical (unpaired) electrons. The quantitative estimate of drug-likeness (QED) is 0.771. The molecule has 1 aromatic rings. The lowest BCUT2D eigenvalue weighted by atomic mass is 9.97. The summed E-state index contributed by atoms with van der Waals surface area (Å²) < 4.78 is 5.23. The van der Waals surface area contributed by atoms with Gasteiger partial charge in [0, 0.05) is 5.56 Å². The molecule has 1 N–H and O–H groups in total. The fourth-order valence-electron chi connectivity index (χ4n) is 2.49. The SMILES string of the molecule is CCCNC(C1=CCCCCC1)c1ccoc1. The first kappa shape index (κ1) is 12.4. The van der Waals surface area contributed by atoms with Crippen LogP contribution in [0.3, 0.4) is 0 Å². The molecule has 0 spiro atoms. The van der Waals surface area contributed by atoms with Crippen molar-refractivity contribution in [3.8, 4) is 0 Å². The van der Waals surface area contributed by atoms with Gasteiger partial charge in [-0.05, 0) is 44.7 Å². The fraction of sp³-hybridized carbons (Fsp3) is 0.600. The van der Waals surface area contributed by atoms with Gasteiger partial charge in [-0.1, -0.05) is 25.0 Å². The Morgan fingerprint density at radius 3 is 3.06 bits per heavy atom. The lowest BCUT2D eigenvalue weighted by Crippen LogP contribution is -2.23. The van der Waals surface area contributed by atoms with Crippen molar-refractivity contribution in [2.75, 3.05) is 6.54 Å². The molecule has 17 heavy (non-hydrogen) atoms. The van der Waals surface area contributed by atoms with Crippen LogP contribution in [0.2, 0.25) is 0 Å². The molecule has 1 aliphatic carbocycles. The minimum absolute atomic E-state index is 0.367. The standard InChI is InChI=1S/C15H23NO/c1-2-10-16-15(14-9-11-17-12-14)13-7-5-3-4-6-8-13/h7,9,11-12,15-16H,2-6,8,10H2,1H3. The molecular weight excluding hydrogens is 210 g/mol. The summed E-state index contributed by atoms with van der Waals surface area (Å²) in [6.07, 6.45) is 13.8. The van der Waals surface area contributed by atoms with Gasteiger partial charge < -0.3 is 9.73 Å². The summed E-state index contributed by atoms with van der Waals surface area (Å²) in [6, 6.07) is 2.45. The summed E-state index contributed by atoms with van der Waals surface area (Å²) in [6.45, 7) is 3.27. The highest BCUT2D eigenvalue weighted by atomic mass is 16.3. The Labute approximate surface area is 104 Å². The molecule has 0 fully saturated rings. The van der Waals surface area contributed by atoms with E-state index in [9.17, 15) is 0 Å². The third-order valence-corrected chi connectivity index (χ3v) is 3.42. The van der Waals surface area contributed by atoms with E-state index in [1.54, 1.807) is 11.8 Å². The first-order valence-electron chi connectivity index (χ1n) is 6.86. The lowest BCUT2D eigenvalue weighted by molar-refractivity contribution is 0.537. The highest BCUT2D eigenvalue weighted by Crippen LogP contribution is 2.29. The Morgan fingerprint density at radius 2 is 2.29 bits per heavy atom. The van der Waals surface area contributed by atoms with E-state index in [1.807, 2.05) is 6.26 Å². The largest absolute Gasteiger partial charge is 0.472 e. The smallest absolute Gasteiger partial charge is 0.0953 e. The summed E-state index contributed by atoms with van der Waals surface area (Å²) in [7, 11) is 0. The molecule has 0 aliphatic heterocycles. The van der Waals surface area contributed by atoms with E-state index < -0.39 is 0 Å². The Bertz CT molecular complexity index is 340. The molecule has 0 bridgehead atoms. The highest BCUT2D eigenvalue weighted by Gasteiger charge is 2.17. The van der Waals surface area contributed by atoms with Crippen molar-refractivity contribution in [1.29, 1.82) is 0 Å². The number of hydrogen-bond acceptors (Lipinski definition) is 2. The molecular formula is C15H23NO. The number of furan rings is 1. The van der Waals surface area contributed by atoms with Gasteiger partial charge in [0.25, 0.3) is 0 Å². The first-order chi connectivity index (χ1) is 8.42. The maximum Gasteiger partial charge on any atom is 0.0953 e. The zero-order chi connectivity index (χ0) is 11.9. The Kier molecular flexibility index (Phi) is 4.87. The third-order valence-electron chi connectivity index (χ3n) is 3.42. The second-order valence-corrected chi connectivity index (χ2v) is 4.82. The van der Waals surface area contributed by atoms with E-state index in [1.165, 1.54) is 44.1 Å². The van der Waals surface area contributed by atoms with Crippen molar-refractivity contribution in [2.24, 2.45) is 0 Å². The second kappa shape index (κ2) is 6.65. The van der Waals surface area contributed by atoms with Crippen molar-refractivity contribution in [2.45, 2.75) is 51.5 Å². The zero-order valence-corrected chi connectivity index (χ0v) is 10.7. The third kappa shape index (κ3) is 3.47. The predicted octanol–water partition coefficient (Wildman–Crippen LogP) is 4.21. The topological polar surface area (TPSA) is 25.2 Å². The highest BCUT2D eigenvalue weighted by molar-refractivity contribution is 5.25. The zero-order valence-electron chi connectivity index (χ0n) is 10.7.